The van der Waals surface area contributed by atoms with E-state index in [1.54, 1.807) is 0 Å². The van der Waals surface area contributed by atoms with Crippen LogP contribution in [-0.2, 0) is 19.3 Å². The van der Waals surface area contributed by atoms with Crippen molar-refractivity contribution < 1.29 is 5.11 Å². The van der Waals surface area contributed by atoms with Crippen LogP contribution in [0.4, 0.5) is 0 Å². The third-order valence-corrected chi connectivity index (χ3v) is 3.97. The van der Waals surface area contributed by atoms with Gasteiger partial charge in [0.25, 0.3) is 0 Å². The van der Waals surface area contributed by atoms with Crippen LogP contribution in [0.3, 0.4) is 0 Å². The fraction of sp³-hybridized carbons (Fsp3) is 0.333. The molecule has 0 aliphatic rings. The van der Waals surface area contributed by atoms with E-state index in [9.17, 15) is 5.11 Å². The Morgan fingerprint density at radius 2 is 1.60 bits per heavy atom. The normalized spacial score (nSPS) is 12.4. The smallest absolute Gasteiger partial charge is 0.0830 e. The Balaban J connectivity index is 2.16. The molecule has 0 bridgehead atoms. The Bertz CT molecular complexity index is 560. The van der Waals surface area contributed by atoms with E-state index in [1.165, 1.54) is 11.1 Å². The summed E-state index contributed by atoms with van der Waals surface area (Å²) in [6, 6.07) is 14.0. The van der Waals surface area contributed by atoms with Gasteiger partial charge in [-0.1, -0.05) is 55.8 Å². The number of aryl methyl sites for hydroxylation is 2. The van der Waals surface area contributed by atoms with Gasteiger partial charge in [0.1, 0.15) is 0 Å². The molecule has 1 nitrogen and oxygen atoms in total. The molecule has 0 saturated carbocycles. The van der Waals surface area contributed by atoms with Crippen molar-refractivity contribution in [3.63, 3.8) is 0 Å². The molecule has 1 N–H and O–H groups in total. The Kier molecular flexibility index (Phi) is 5.22. The second-order valence-electron chi connectivity index (χ2n) is 5.08. The maximum absolute atomic E-state index is 10.4. The molecule has 0 saturated heterocycles. The summed E-state index contributed by atoms with van der Waals surface area (Å²) in [4.78, 5) is 0. The molecule has 0 fully saturated rings. The minimum absolute atomic E-state index is 0.465. The zero-order chi connectivity index (χ0) is 14.5. The molecule has 1 atom stereocenters. The SMILES string of the molecule is CCc1ccc(C(O)Cc2ccc(Cl)cc2)cc1CC. The van der Waals surface area contributed by atoms with Gasteiger partial charge in [-0.2, -0.15) is 0 Å². The summed E-state index contributed by atoms with van der Waals surface area (Å²) in [7, 11) is 0. The molecule has 106 valence electrons. The van der Waals surface area contributed by atoms with Gasteiger partial charge in [-0.3, -0.25) is 0 Å². The zero-order valence-electron chi connectivity index (χ0n) is 12.1. The Labute approximate surface area is 126 Å². The predicted octanol–water partition coefficient (Wildman–Crippen LogP) is 4.74. The summed E-state index contributed by atoms with van der Waals surface area (Å²) in [5.74, 6) is 0. The van der Waals surface area contributed by atoms with Crippen LogP contribution in [0.1, 0.15) is 42.2 Å². The van der Waals surface area contributed by atoms with Gasteiger partial charge < -0.3 is 5.11 Å². The van der Waals surface area contributed by atoms with Gasteiger partial charge in [-0.25, -0.2) is 0 Å². The summed E-state index contributed by atoms with van der Waals surface area (Å²) in [6.07, 6.45) is 2.19. The highest BCUT2D eigenvalue weighted by Gasteiger charge is 2.10. The van der Waals surface area contributed by atoms with Crippen LogP contribution >= 0.6 is 11.6 Å². The van der Waals surface area contributed by atoms with Crippen molar-refractivity contribution in [3.05, 3.63) is 69.7 Å². The summed E-state index contributed by atoms with van der Waals surface area (Å²) in [6.45, 7) is 4.32. The summed E-state index contributed by atoms with van der Waals surface area (Å²) in [5.41, 5.74) is 4.80. The van der Waals surface area contributed by atoms with Gasteiger partial charge in [-0.15, -0.1) is 0 Å². The molecule has 0 aliphatic heterocycles. The van der Waals surface area contributed by atoms with E-state index in [-0.39, 0.29) is 0 Å². The minimum atomic E-state index is -0.465. The van der Waals surface area contributed by atoms with Crippen LogP contribution in [0.25, 0.3) is 0 Å². The van der Waals surface area contributed by atoms with Crippen molar-refractivity contribution in [3.8, 4) is 0 Å². The number of aliphatic hydroxyl groups is 1. The van der Waals surface area contributed by atoms with E-state index in [1.807, 2.05) is 30.3 Å². The maximum atomic E-state index is 10.4. The van der Waals surface area contributed by atoms with Crippen molar-refractivity contribution >= 4 is 11.6 Å². The van der Waals surface area contributed by atoms with Crippen LogP contribution < -0.4 is 0 Å². The van der Waals surface area contributed by atoms with Gasteiger partial charge in [0, 0.05) is 11.4 Å². The molecule has 0 spiro atoms. The predicted molar refractivity (Wildman–Crippen MR) is 85.3 cm³/mol. The topological polar surface area (TPSA) is 20.2 Å². The molecule has 2 aromatic carbocycles. The number of aliphatic hydroxyl groups excluding tert-OH is 1. The summed E-state index contributed by atoms with van der Waals surface area (Å²) in [5, 5.41) is 11.1. The molecule has 1 unspecified atom stereocenters. The molecule has 0 radical (unpaired) electrons. The minimum Gasteiger partial charge on any atom is -0.388 e. The van der Waals surface area contributed by atoms with Crippen LogP contribution in [0.2, 0.25) is 5.02 Å². The molecule has 0 aromatic heterocycles. The Morgan fingerprint density at radius 3 is 2.20 bits per heavy atom. The molecule has 0 aliphatic carbocycles. The van der Waals surface area contributed by atoms with Gasteiger partial charge in [-0.05, 0) is 47.2 Å². The zero-order valence-corrected chi connectivity index (χ0v) is 12.8. The first-order valence-electron chi connectivity index (χ1n) is 7.18. The van der Waals surface area contributed by atoms with E-state index < -0.39 is 6.10 Å². The van der Waals surface area contributed by atoms with Crippen LogP contribution in [0.15, 0.2) is 42.5 Å². The lowest BCUT2D eigenvalue weighted by atomic mass is 9.95. The van der Waals surface area contributed by atoms with E-state index in [0.29, 0.717) is 6.42 Å². The average Bonchev–Trinajstić information content (AvgIpc) is 2.48. The Hall–Kier alpha value is -1.31. The molecule has 0 heterocycles. The molecule has 20 heavy (non-hydrogen) atoms. The van der Waals surface area contributed by atoms with Crippen molar-refractivity contribution in [2.75, 3.05) is 0 Å². The van der Waals surface area contributed by atoms with Crippen molar-refractivity contribution in [1.29, 1.82) is 0 Å². The van der Waals surface area contributed by atoms with Crippen LogP contribution in [-0.4, -0.2) is 5.11 Å². The highest BCUT2D eigenvalue weighted by atomic mass is 35.5. The number of benzene rings is 2. The third-order valence-electron chi connectivity index (χ3n) is 3.72. The molecule has 2 rings (SSSR count). The standard InChI is InChI=1S/C18H21ClO/c1-3-14-7-8-16(12-15(14)4-2)18(20)11-13-5-9-17(19)10-6-13/h5-10,12,18,20H,3-4,11H2,1-2H3. The van der Waals surface area contributed by atoms with E-state index in [0.717, 1.165) is 29.0 Å². The fourth-order valence-corrected chi connectivity index (χ4v) is 2.61. The van der Waals surface area contributed by atoms with E-state index >= 15 is 0 Å². The third kappa shape index (κ3) is 3.62. The average molecular weight is 289 g/mol. The van der Waals surface area contributed by atoms with Crippen molar-refractivity contribution in [2.45, 2.75) is 39.2 Å². The monoisotopic (exact) mass is 288 g/mol. The lowest BCUT2D eigenvalue weighted by Crippen LogP contribution is -2.03. The van der Waals surface area contributed by atoms with Gasteiger partial charge in [0.05, 0.1) is 6.10 Å². The fourth-order valence-electron chi connectivity index (χ4n) is 2.49. The van der Waals surface area contributed by atoms with Crippen molar-refractivity contribution in [1.82, 2.24) is 0 Å². The Morgan fingerprint density at radius 1 is 0.950 bits per heavy atom. The maximum Gasteiger partial charge on any atom is 0.0830 e. The first-order valence-corrected chi connectivity index (χ1v) is 7.56. The summed E-state index contributed by atoms with van der Waals surface area (Å²) >= 11 is 5.88. The molecule has 2 heteroatoms. The van der Waals surface area contributed by atoms with E-state index in [4.69, 9.17) is 11.6 Å². The molecular formula is C18H21ClO. The van der Waals surface area contributed by atoms with Crippen molar-refractivity contribution in [2.24, 2.45) is 0 Å². The van der Waals surface area contributed by atoms with Crippen LogP contribution in [0, 0.1) is 0 Å². The quantitative estimate of drug-likeness (QED) is 0.842. The van der Waals surface area contributed by atoms with Gasteiger partial charge >= 0.3 is 0 Å². The number of hydrogen-bond donors (Lipinski definition) is 1. The molecular weight excluding hydrogens is 268 g/mol. The second kappa shape index (κ2) is 6.92. The van der Waals surface area contributed by atoms with Gasteiger partial charge in [0.15, 0.2) is 0 Å². The molecule has 2 aromatic rings. The largest absolute Gasteiger partial charge is 0.388 e. The first-order chi connectivity index (χ1) is 9.63. The second-order valence-corrected chi connectivity index (χ2v) is 5.52. The highest BCUT2D eigenvalue weighted by Crippen LogP contribution is 2.23. The number of rotatable bonds is 5. The molecule has 0 amide bonds. The van der Waals surface area contributed by atoms with E-state index in [2.05, 4.69) is 26.0 Å². The summed E-state index contributed by atoms with van der Waals surface area (Å²) < 4.78 is 0. The highest BCUT2D eigenvalue weighted by molar-refractivity contribution is 6.30. The number of halogens is 1. The number of hydrogen-bond acceptors (Lipinski definition) is 1. The lowest BCUT2D eigenvalue weighted by Gasteiger charge is -2.14. The van der Waals surface area contributed by atoms with Crippen LogP contribution in [0.5, 0.6) is 0 Å². The first kappa shape index (κ1) is 15.1. The lowest BCUT2D eigenvalue weighted by molar-refractivity contribution is 0.178. The van der Waals surface area contributed by atoms with Gasteiger partial charge in [0.2, 0.25) is 0 Å².